The topological polar surface area (TPSA) is 49.3 Å². The number of carboxylic acids is 1. The molecule has 20 heavy (non-hydrogen) atoms. The molecule has 0 aliphatic heterocycles. The second-order valence-electron chi connectivity index (χ2n) is 4.15. The van der Waals surface area contributed by atoms with Gasteiger partial charge in [-0.2, -0.15) is 0 Å². The highest BCUT2D eigenvalue weighted by molar-refractivity contribution is 8.00. The predicted octanol–water partition coefficient (Wildman–Crippen LogP) is 4.27. The molecule has 104 valence electrons. The van der Waals surface area contributed by atoms with Crippen molar-refractivity contribution in [3.05, 3.63) is 65.2 Å². The Labute approximate surface area is 127 Å². The molecule has 1 unspecified atom stereocenters. The van der Waals surface area contributed by atoms with E-state index in [9.17, 15) is 4.79 Å². The van der Waals surface area contributed by atoms with Crippen molar-refractivity contribution < 1.29 is 9.90 Å². The Morgan fingerprint density at radius 1 is 1.20 bits per heavy atom. The fraction of sp³-hybridized carbons (Fsp3) is 0.133. The number of nitrogens with one attached hydrogen (secondary N) is 1. The standard InChI is InChI=1S/C15H14ClNO2S/c16-12-7-4-8-13(9-12)17-15(20-10-14(18)19)11-5-2-1-3-6-11/h1-9,15,17H,10H2,(H,18,19). The molecule has 0 aliphatic carbocycles. The predicted molar refractivity (Wildman–Crippen MR) is 84.4 cm³/mol. The second kappa shape index (κ2) is 7.22. The van der Waals surface area contributed by atoms with Gasteiger partial charge in [0.05, 0.1) is 11.1 Å². The minimum atomic E-state index is -0.830. The van der Waals surface area contributed by atoms with Crippen molar-refractivity contribution in [2.75, 3.05) is 11.1 Å². The van der Waals surface area contributed by atoms with Crippen LogP contribution in [0, 0.1) is 0 Å². The average molecular weight is 308 g/mol. The fourth-order valence-corrected chi connectivity index (χ4v) is 2.80. The maximum Gasteiger partial charge on any atom is 0.313 e. The summed E-state index contributed by atoms with van der Waals surface area (Å²) < 4.78 is 0. The lowest BCUT2D eigenvalue weighted by Gasteiger charge is -2.19. The Morgan fingerprint density at radius 2 is 1.95 bits per heavy atom. The van der Waals surface area contributed by atoms with E-state index in [4.69, 9.17) is 16.7 Å². The molecule has 0 fully saturated rings. The molecule has 0 aliphatic rings. The summed E-state index contributed by atoms with van der Waals surface area (Å²) in [6.45, 7) is 0. The molecule has 0 heterocycles. The number of anilines is 1. The molecule has 2 N–H and O–H groups in total. The summed E-state index contributed by atoms with van der Waals surface area (Å²) in [6, 6.07) is 17.1. The largest absolute Gasteiger partial charge is 0.481 e. The number of carbonyl (C=O) groups is 1. The van der Waals surface area contributed by atoms with Crippen LogP contribution in [0.5, 0.6) is 0 Å². The third kappa shape index (κ3) is 4.47. The zero-order valence-corrected chi connectivity index (χ0v) is 12.2. The van der Waals surface area contributed by atoms with Crippen LogP contribution in [0.25, 0.3) is 0 Å². The third-order valence-corrected chi connectivity index (χ3v) is 3.97. The molecule has 2 rings (SSSR count). The first-order chi connectivity index (χ1) is 9.65. The van der Waals surface area contributed by atoms with E-state index in [0.717, 1.165) is 11.3 Å². The molecule has 5 heteroatoms. The highest BCUT2D eigenvalue weighted by Gasteiger charge is 2.13. The molecule has 2 aromatic rings. The van der Waals surface area contributed by atoms with Gasteiger partial charge in [-0.25, -0.2) is 0 Å². The van der Waals surface area contributed by atoms with Crippen LogP contribution in [-0.2, 0) is 4.79 Å². The van der Waals surface area contributed by atoms with E-state index in [2.05, 4.69) is 5.32 Å². The smallest absolute Gasteiger partial charge is 0.313 e. The van der Waals surface area contributed by atoms with Crippen LogP contribution in [0.4, 0.5) is 5.69 Å². The number of hydrogen-bond donors (Lipinski definition) is 2. The van der Waals surface area contributed by atoms with Crippen molar-refractivity contribution in [1.29, 1.82) is 0 Å². The molecule has 0 amide bonds. The summed E-state index contributed by atoms with van der Waals surface area (Å²) >= 11 is 7.29. The van der Waals surface area contributed by atoms with Crippen LogP contribution in [0.15, 0.2) is 54.6 Å². The number of benzene rings is 2. The summed E-state index contributed by atoms with van der Waals surface area (Å²) in [4.78, 5) is 10.8. The molecular formula is C15H14ClNO2S. The molecule has 0 spiro atoms. The molecule has 1 atom stereocenters. The van der Waals surface area contributed by atoms with Gasteiger partial charge in [0.25, 0.3) is 0 Å². The van der Waals surface area contributed by atoms with Crippen molar-refractivity contribution in [3.63, 3.8) is 0 Å². The van der Waals surface area contributed by atoms with Crippen LogP contribution < -0.4 is 5.32 Å². The van der Waals surface area contributed by atoms with E-state index >= 15 is 0 Å². The third-order valence-electron chi connectivity index (χ3n) is 2.60. The Hall–Kier alpha value is -1.65. The van der Waals surface area contributed by atoms with Crippen LogP contribution in [0.3, 0.4) is 0 Å². The van der Waals surface area contributed by atoms with Gasteiger partial charge in [-0.3, -0.25) is 4.79 Å². The van der Waals surface area contributed by atoms with Crippen molar-refractivity contribution in [3.8, 4) is 0 Å². The molecule has 0 bridgehead atoms. The number of rotatable bonds is 6. The number of aliphatic carboxylic acids is 1. The summed E-state index contributed by atoms with van der Waals surface area (Å²) in [7, 11) is 0. The Bertz CT molecular complexity index is 577. The van der Waals surface area contributed by atoms with Crippen molar-refractivity contribution in [1.82, 2.24) is 0 Å². The zero-order chi connectivity index (χ0) is 14.4. The fourth-order valence-electron chi connectivity index (χ4n) is 1.73. The average Bonchev–Trinajstić information content (AvgIpc) is 2.44. The normalized spacial score (nSPS) is 11.8. The Kier molecular flexibility index (Phi) is 5.32. The number of halogens is 1. The van der Waals surface area contributed by atoms with Crippen LogP contribution in [0.2, 0.25) is 5.02 Å². The van der Waals surface area contributed by atoms with Gasteiger partial charge in [0.1, 0.15) is 0 Å². The van der Waals surface area contributed by atoms with Crippen LogP contribution in [-0.4, -0.2) is 16.8 Å². The van der Waals surface area contributed by atoms with E-state index in [-0.39, 0.29) is 11.1 Å². The van der Waals surface area contributed by atoms with E-state index in [0.29, 0.717) is 5.02 Å². The van der Waals surface area contributed by atoms with Gasteiger partial charge in [0, 0.05) is 10.7 Å². The van der Waals surface area contributed by atoms with Crippen molar-refractivity contribution in [2.45, 2.75) is 5.37 Å². The Morgan fingerprint density at radius 3 is 2.60 bits per heavy atom. The maximum atomic E-state index is 10.8. The summed E-state index contributed by atoms with van der Waals surface area (Å²) in [5, 5.41) is 12.7. The Balaban J connectivity index is 2.16. The van der Waals surface area contributed by atoms with E-state index < -0.39 is 5.97 Å². The maximum absolute atomic E-state index is 10.8. The summed E-state index contributed by atoms with van der Waals surface area (Å²) in [6.07, 6.45) is 0. The number of carboxylic acid groups (broad SMARTS) is 1. The van der Waals surface area contributed by atoms with Crippen molar-refractivity contribution >= 4 is 35.0 Å². The quantitative estimate of drug-likeness (QED) is 0.783. The molecule has 0 radical (unpaired) electrons. The van der Waals surface area contributed by atoms with Crippen LogP contribution in [0.1, 0.15) is 10.9 Å². The number of thioether (sulfide) groups is 1. The van der Waals surface area contributed by atoms with Gasteiger partial charge in [-0.05, 0) is 23.8 Å². The monoisotopic (exact) mass is 307 g/mol. The minimum Gasteiger partial charge on any atom is -0.481 e. The first kappa shape index (κ1) is 14.8. The first-order valence-corrected chi connectivity index (χ1v) is 7.48. The van der Waals surface area contributed by atoms with E-state index in [1.807, 2.05) is 48.5 Å². The number of hydrogen-bond acceptors (Lipinski definition) is 3. The van der Waals surface area contributed by atoms with Gasteiger partial charge in [-0.15, -0.1) is 11.8 Å². The van der Waals surface area contributed by atoms with Crippen molar-refractivity contribution in [2.24, 2.45) is 0 Å². The molecule has 2 aromatic carbocycles. The molecular weight excluding hydrogens is 294 g/mol. The van der Waals surface area contributed by atoms with Gasteiger partial charge in [-0.1, -0.05) is 48.0 Å². The zero-order valence-electron chi connectivity index (χ0n) is 10.6. The molecule has 3 nitrogen and oxygen atoms in total. The minimum absolute atomic E-state index is 0.0348. The summed E-state index contributed by atoms with van der Waals surface area (Å²) in [5.74, 6) is -0.795. The lowest BCUT2D eigenvalue weighted by Crippen LogP contribution is -2.10. The highest BCUT2D eigenvalue weighted by Crippen LogP contribution is 2.30. The van der Waals surface area contributed by atoms with Gasteiger partial charge in [0.15, 0.2) is 0 Å². The molecule has 0 aromatic heterocycles. The van der Waals surface area contributed by atoms with Crippen LogP contribution >= 0.6 is 23.4 Å². The van der Waals surface area contributed by atoms with Gasteiger partial charge >= 0.3 is 5.97 Å². The lowest BCUT2D eigenvalue weighted by molar-refractivity contribution is -0.133. The van der Waals surface area contributed by atoms with E-state index in [1.54, 1.807) is 6.07 Å². The lowest BCUT2D eigenvalue weighted by atomic mass is 10.2. The first-order valence-electron chi connectivity index (χ1n) is 6.05. The van der Waals surface area contributed by atoms with Gasteiger partial charge < -0.3 is 10.4 Å². The molecule has 0 saturated carbocycles. The van der Waals surface area contributed by atoms with E-state index in [1.165, 1.54) is 11.8 Å². The highest BCUT2D eigenvalue weighted by atomic mass is 35.5. The SMILES string of the molecule is O=C(O)CSC(Nc1cccc(Cl)c1)c1ccccc1. The second-order valence-corrected chi connectivity index (χ2v) is 5.68. The summed E-state index contributed by atoms with van der Waals surface area (Å²) in [5.41, 5.74) is 1.89. The molecule has 0 saturated heterocycles. The van der Waals surface area contributed by atoms with Gasteiger partial charge in [0.2, 0.25) is 0 Å².